The lowest BCUT2D eigenvalue weighted by atomic mass is 10.1. The minimum absolute atomic E-state index is 0.254. The summed E-state index contributed by atoms with van der Waals surface area (Å²) in [5.74, 6) is -1.41. The maximum Gasteiger partial charge on any atom is 0.269 e. The molecule has 2 N–H and O–H groups in total. The highest BCUT2D eigenvalue weighted by molar-refractivity contribution is 5.97. The molecule has 2 aromatic rings. The van der Waals surface area contributed by atoms with Crippen molar-refractivity contribution < 1.29 is 14.0 Å². The monoisotopic (exact) mass is 298 g/mol. The fraction of sp³-hybridized carbons (Fsp3) is 0.0588. The standard InChI is InChI=1S/C17H15FN2O2/c1-12-3-2-4-13(11-12)5-10-16(21)19-20-17(22)14-6-8-15(18)9-7-14/h2-11H,1H3,(H,19,21)(H,20,22). The van der Waals surface area contributed by atoms with Gasteiger partial charge in [-0.25, -0.2) is 4.39 Å². The van der Waals surface area contributed by atoms with E-state index in [1.807, 2.05) is 31.2 Å². The summed E-state index contributed by atoms with van der Waals surface area (Å²) < 4.78 is 12.7. The fourth-order valence-corrected chi connectivity index (χ4v) is 1.78. The van der Waals surface area contributed by atoms with Crippen LogP contribution in [0.3, 0.4) is 0 Å². The second kappa shape index (κ2) is 7.17. The number of carbonyl (C=O) groups excluding carboxylic acids is 2. The van der Waals surface area contributed by atoms with Crippen LogP contribution in [-0.4, -0.2) is 11.8 Å². The third-order valence-corrected chi connectivity index (χ3v) is 2.87. The summed E-state index contributed by atoms with van der Waals surface area (Å²) in [7, 11) is 0. The molecule has 2 amide bonds. The Balaban J connectivity index is 1.87. The minimum atomic E-state index is -0.516. The predicted molar refractivity (Wildman–Crippen MR) is 82.2 cm³/mol. The van der Waals surface area contributed by atoms with Gasteiger partial charge in [0.1, 0.15) is 5.82 Å². The van der Waals surface area contributed by atoms with Gasteiger partial charge in [-0.3, -0.25) is 20.4 Å². The Hall–Kier alpha value is -2.95. The Morgan fingerprint density at radius 3 is 2.45 bits per heavy atom. The second-order valence-electron chi connectivity index (χ2n) is 4.70. The summed E-state index contributed by atoms with van der Waals surface area (Å²) in [4.78, 5) is 23.3. The molecule has 22 heavy (non-hydrogen) atoms. The van der Waals surface area contributed by atoms with Crippen molar-refractivity contribution in [2.75, 3.05) is 0 Å². The van der Waals surface area contributed by atoms with Crippen LogP contribution in [0.5, 0.6) is 0 Å². The quantitative estimate of drug-likeness (QED) is 0.676. The van der Waals surface area contributed by atoms with Gasteiger partial charge >= 0.3 is 0 Å². The molecule has 0 unspecified atom stereocenters. The molecule has 0 aliphatic carbocycles. The predicted octanol–water partition coefficient (Wildman–Crippen LogP) is 2.61. The molecule has 5 heteroatoms. The van der Waals surface area contributed by atoms with Gasteiger partial charge < -0.3 is 0 Å². The van der Waals surface area contributed by atoms with E-state index in [9.17, 15) is 14.0 Å². The van der Waals surface area contributed by atoms with Gasteiger partial charge in [-0.05, 0) is 42.8 Å². The SMILES string of the molecule is Cc1cccc(C=CC(=O)NNC(=O)c2ccc(F)cc2)c1. The summed E-state index contributed by atoms with van der Waals surface area (Å²) in [5.41, 5.74) is 6.75. The minimum Gasteiger partial charge on any atom is -0.268 e. The Labute approximate surface area is 127 Å². The third-order valence-electron chi connectivity index (χ3n) is 2.87. The highest BCUT2D eigenvalue weighted by atomic mass is 19.1. The van der Waals surface area contributed by atoms with E-state index in [4.69, 9.17) is 0 Å². The average molecular weight is 298 g/mol. The van der Waals surface area contributed by atoms with Crippen molar-refractivity contribution in [2.24, 2.45) is 0 Å². The van der Waals surface area contributed by atoms with Crippen LogP contribution in [0.2, 0.25) is 0 Å². The van der Waals surface area contributed by atoms with Crippen molar-refractivity contribution in [1.29, 1.82) is 0 Å². The topological polar surface area (TPSA) is 58.2 Å². The fourth-order valence-electron chi connectivity index (χ4n) is 1.78. The molecule has 4 nitrogen and oxygen atoms in total. The number of aryl methyl sites for hydroxylation is 1. The largest absolute Gasteiger partial charge is 0.269 e. The van der Waals surface area contributed by atoms with Crippen LogP contribution in [0, 0.1) is 12.7 Å². The van der Waals surface area contributed by atoms with Crippen molar-refractivity contribution in [3.05, 3.63) is 77.1 Å². The number of hydrogen-bond acceptors (Lipinski definition) is 2. The summed E-state index contributed by atoms with van der Waals surface area (Å²) >= 11 is 0. The Kier molecular flexibility index (Phi) is 5.03. The summed E-state index contributed by atoms with van der Waals surface area (Å²) in [6, 6.07) is 12.7. The molecule has 2 aromatic carbocycles. The van der Waals surface area contributed by atoms with Gasteiger partial charge in [-0.2, -0.15) is 0 Å². The molecule has 0 heterocycles. The van der Waals surface area contributed by atoms with Crippen molar-refractivity contribution >= 4 is 17.9 Å². The van der Waals surface area contributed by atoms with E-state index in [1.165, 1.54) is 30.3 Å². The number of rotatable bonds is 3. The van der Waals surface area contributed by atoms with Crippen molar-refractivity contribution in [3.63, 3.8) is 0 Å². The molecule has 0 aromatic heterocycles. The molecule has 0 saturated carbocycles. The van der Waals surface area contributed by atoms with Crippen molar-refractivity contribution in [1.82, 2.24) is 10.9 Å². The summed E-state index contributed by atoms with van der Waals surface area (Å²) in [6.07, 6.45) is 2.96. The second-order valence-corrected chi connectivity index (χ2v) is 4.70. The van der Waals surface area contributed by atoms with E-state index in [2.05, 4.69) is 10.9 Å². The van der Waals surface area contributed by atoms with E-state index < -0.39 is 17.6 Å². The zero-order chi connectivity index (χ0) is 15.9. The van der Waals surface area contributed by atoms with Gasteiger partial charge in [-0.1, -0.05) is 29.8 Å². The lowest BCUT2D eigenvalue weighted by Crippen LogP contribution is -2.40. The van der Waals surface area contributed by atoms with E-state index in [0.29, 0.717) is 0 Å². The molecule has 0 aliphatic rings. The molecule has 0 bridgehead atoms. The first-order chi connectivity index (χ1) is 10.5. The maximum atomic E-state index is 12.7. The van der Waals surface area contributed by atoms with Gasteiger partial charge in [0.2, 0.25) is 0 Å². The molecule has 0 saturated heterocycles. The molecule has 112 valence electrons. The maximum absolute atomic E-state index is 12.7. The zero-order valence-electron chi connectivity index (χ0n) is 12.0. The normalized spacial score (nSPS) is 10.5. The van der Waals surface area contributed by atoms with Gasteiger partial charge in [-0.15, -0.1) is 0 Å². The van der Waals surface area contributed by atoms with Crippen LogP contribution < -0.4 is 10.9 Å². The number of halogens is 1. The lowest BCUT2D eigenvalue weighted by molar-refractivity contribution is -0.117. The van der Waals surface area contributed by atoms with Crippen LogP contribution >= 0.6 is 0 Å². The smallest absolute Gasteiger partial charge is 0.268 e. The Bertz CT molecular complexity index is 709. The first-order valence-electron chi connectivity index (χ1n) is 6.65. The summed E-state index contributed by atoms with van der Waals surface area (Å²) in [5, 5.41) is 0. The summed E-state index contributed by atoms with van der Waals surface area (Å²) in [6.45, 7) is 1.96. The molecule has 0 aliphatic heterocycles. The van der Waals surface area contributed by atoms with Crippen LogP contribution in [0.1, 0.15) is 21.5 Å². The average Bonchev–Trinajstić information content (AvgIpc) is 2.51. The number of benzene rings is 2. The van der Waals surface area contributed by atoms with E-state index in [-0.39, 0.29) is 5.56 Å². The van der Waals surface area contributed by atoms with Crippen molar-refractivity contribution in [2.45, 2.75) is 6.92 Å². The van der Waals surface area contributed by atoms with Gasteiger partial charge in [0, 0.05) is 11.6 Å². The number of nitrogens with one attached hydrogen (secondary N) is 2. The van der Waals surface area contributed by atoms with Crippen LogP contribution in [0.15, 0.2) is 54.6 Å². The third kappa shape index (κ3) is 4.56. The number of hydrazine groups is 1. The van der Waals surface area contributed by atoms with Crippen molar-refractivity contribution in [3.8, 4) is 0 Å². The zero-order valence-corrected chi connectivity index (χ0v) is 12.0. The molecule has 2 rings (SSSR count). The molecular formula is C17H15FN2O2. The molecule has 0 radical (unpaired) electrons. The van der Waals surface area contributed by atoms with E-state index in [0.717, 1.165) is 11.1 Å². The van der Waals surface area contributed by atoms with Crippen LogP contribution in [-0.2, 0) is 4.79 Å². The molecular weight excluding hydrogens is 283 g/mol. The Morgan fingerprint density at radius 2 is 1.77 bits per heavy atom. The number of hydrogen-bond donors (Lipinski definition) is 2. The molecule has 0 atom stereocenters. The van der Waals surface area contributed by atoms with E-state index in [1.54, 1.807) is 6.08 Å². The van der Waals surface area contributed by atoms with E-state index >= 15 is 0 Å². The highest BCUT2D eigenvalue weighted by Crippen LogP contribution is 2.05. The van der Waals surface area contributed by atoms with Gasteiger partial charge in [0.15, 0.2) is 0 Å². The van der Waals surface area contributed by atoms with Gasteiger partial charge in [0.05, 0.1) is 0 Å². The number of amides is 2. The van der Waals surface area contributed by atoms with Gasteiger partial charge in [0.25, 0.3) is 11.8 Å². The number of carbonyl (C=O) groups is 2. The van der Waals surface area contributed by atoms with Crippen LogP contribution in [0.25, 0.3) is 6.08 Å². The first kappa shape index (κ1) is 15.4. The Morgan fingerprint density at radius 1 is 1.05 bits per heavy atom. The molecule has 0 spiro atoms. The highest BCUT2D eigenvalue weighted by Gasteiger charge is 2.05. The molecule has 0 fully saturated rings. The van der Waals surface area contributed by atoms with Crippen LogP contribution in [0.4, 0.5) is 4.39 Å². The first-order valence-corrected chi connectivity index (χ1v) is 6.65. The lowest BCUT2D eigenvalue weighted by Gasteiger charge is -2.05.